The van der Waals surface area contributed by atoms with Gasteiger partial charge in [-0.05, 0) is 44.2 Å². The van der Waals surface area contributed by atoms with E-state index in [2.05, 4.69) is 23.0 Å². The Kier molecular flexibility index (Phi) is 2.72. The molecule has 1 aromatic rings. The molecule has 3 heteroatoms. The molecule has 0 bridgehead atoms. The molecule has 2 aliphatic rings. The maximum atomic E-state index is 4.80. The molecule has 0 spiro atoms. The second-order valence-electron chi connectivity index (χ2n) is 5.50. The highest BCUT2D eigenvalue weighted by Crippen LogP contribution is 2.21. The molecule has 2 aliphatic heterocycles. The number of aryl methyl sites for hydroxylation is 1. The number of nitrogens with zero attached hydrogens (tertiary/aromatic N) is 2. The minimum Gasteiger partial charge on any atom is -0.335 e. The highest BCUT2D eigenvalue weighted by molar-refractivity contribution is 5.08. The van der Waals surface area contributed by atoms with Gasteiger partial charge in [-0.15, -0.1) is 0 Å². The summed E-state index contributed by atoms with van der Waals surface area (Å²) in [6, 6.07) is 0. The molecule has 0 aromatic carbocycles. The number of aromatic nitrogens is 2. The van der Waals surface area contributed by atoms with Crippen LogP contribution in [0.25, 0.3) is 0 Å². The van der Waals surface area contributed by atoms with Crippen LogP contribution in [0, 0.1) is 11.8 Å². The molecule has 1 N–H and O–H groups in total. The van der Waals surface area contributed by atoms with Crippen molar-refractivity contribution in [3.05, 3.63) is 17.7 Å². The van der Waals surface area contributed by atoms with Crippen molar-refractivity contribution < 1.29 is 0 Å². The molecule has 0 aliphatic carbocycles. The van der Waals surface area contributed by atoms with Crippen molar-refractivity contribution in [3.63, 3.8) is 0 Å². The Hall–Kier alpha value is -0.830. The van der Waals surface area contributed by atoms with Crippen molar-refractivity contribution >= 4 is 0 Å². The van der Waals surface area contributed by atoms with E-state index in [0.29, 0.717) is 0 Å². The van der Waals surface area contributed by atoms with Crippen molar-refractivity contribution in [2.75, 3.05) is 13.1 Å². The number of imidazole rings is 1. The Morgan fingerprint density at radius 3 is 3.25 bits per heavy atom. The smallest absolute Gasteiger partial charge is 0.109 e. The lowest BCUT2D eigenvalue weighted by molar-refractivity contribution is 0.409. The molecule has 1 fully saturated rings. The van der Waals surface area contributed by atoms with E-state index < -0.39 is 0 Å². The average Bonchev–Trinajstić information content (AvgIpc) is 2.86. The fourth-order valence-electron chi connectivity index (χ4n) is 2.93. The molecular formula is C13H21N3. The molecule has 0 saturated carbocycles. The molecule has 0 amide bonds. The number of hydrogen-bond acceptors (Lipinski definition) is 2. The number of fused-ring (bicyclic) bond motifs is 1. The Morgan fingerprint density at radius 1 is 1.50 bits per heavy atom. The van der Waals surface area contributed by atoms with Gasteiger partial charge >= 0.3 is 0 Å². The lowest BCUT2D eigenvalue weighted by Crippen LogP contribution is -2.16. The van der Waals surface area contributed by atoms with Gasteiger partial charge in [0.2, 0.25) is 0 Å². The lowest BCUT2D eigenvalue weighted by atomic mass is 10.0. The van der Waals surface area contributed by atoms with E-state index in [1.807, 2.05) is 0 Å². The zero-order valence-electron chi connectivity index (χ0n) is 10.1. The van der Waals surface area contributed by atoms with E-state index in [9.17, 15) is 0 Å². The molecule has 0 radical (unpaired) electrons. The largest absolute Gasteiger partial charge is 0.335 e. The van der Waals surface area contributed by atoms with E-state index in [-0.39, 0.29) is 0 Å². The van der Waals surface area contributed by atoms with Crippen molar-refractivity contribution in [1.29, 1.82) is 0 Å². The summed E-state index contributed by atoms with van der Waals surface area (Å²) in [5.41, 5.74) is 1.32. The van der Waals surface area contributed by atoms with E-state index >= 15 is 0 Å². The first kappa shape index (κ1) is 10.3. The fraction of sp³-hybridized carbons (Fsp3) is 0.769. The first-order valence-corrected chi connectivity index (χ1v) is 6.57. The van der Waals surface area contributed by atoms with Crippen LogP contribution in [-0.2, 0) is 19.4 Å². The molecule has 3 nitrogen and oxygen atoms in total. The van der Waals surface area contributed by atoms with Crippen LogP contribution in [0.1, 0.15) is 31.3 Å². The number of hydrogen-bond donors (Lipinski definition) is 1. The average molecular weight is 219 g/mol. The Bertz CT molecular complexity index is 363. The molecular weight excluding hydrogens is 198 g/mol. The van der Waals surface area contributed by atoms with Gasteiger partial charge < -0.3 is 9.88 Å². The summed E-state index contributed by atoms with van der Waals surface area (Å²) in [5, 5.41) is 3.43. The fourth-order valence-corrected chi connectivity index (χ4v) is 2.93. The standard InChI is InChI=1S/C13H21N3/c1-10-3-5-16-9-12(15-13(16)6-10)7-11-2-4-14-8-11/h9-11,14H,2-8H2,1H3. The summed E-state index contributed by atoms with van der Waals surface area (Å²) in [7, 11) is 0. The Labute approximate surface area is 97.3 Å². The maximum absolute atomic E-state index is 4.80. The van der Waals surface area contributed by atoms with Gasteiger partial charge in [0.15, 0.2) is 0 Å². The van der Waals surface area contributed by atoms with Gasteiger partial charge in [0.05, 0.1) is 5.69 Å². The van der Waals surface area contributed by atoms with E-state index in [4.69, 9.17) is 4.98 Å². The van der Waals surface area contributed by atoms with Gasteiger partial charge in [-0.1, -0.05) is 6.92 Å². The van der Waals surface area contributed by atoms with Gasteiger partial charge in [0.25, 0.3) is 0 Å². The summed E-state index contributed by atoms with van der Waals surface area (Å²) in [6.45, 7) is 5.87. The van der Waals surface area contributed by atoms with Gasteiger partial charge in [-0.2, -0.15) is 0 Å². The molecule has 2 unspecified atom stereocenters. The minimum absolute atomic E-state index is 0.814. The summed E-state index contributed by atoms with van der Waals surface area (Å²) in [6.07, 6.45) is 7.26. The molecule has 2 atom stereocenters. The third-order valence-electron chi connectivity index (χ3n) is 3.96. The quantitative estimate of drug-likeness (QED) is 0.819. The van der Waals surface area contributed by atoms with Crippen molar-refractivity contribution in [2.45, 2.75) is 39.2 Å². The monoisotopic (exact) mass is 219 g/mol. The lowest BCUT2D eigenvalue weighted by Gasteiger charge is -2.18. The van der Waals surface area contributed by atoms with Crippen molar-refractivity contribution in [1.82, 2.24) is 14.9 Å². The van der Waals surface area contributed by atoms with Crippen molar-refractivity contribution in [2.24, 2.45) is 11.8 Å². The van der Waals surface area contributed by atoms with Crippen LogP contribution in [0.2, 0.25) is 0 Å². The minimum atomic E-state index is 0.814. The second kappa shape index (κ2) is 4.21. The first-order valence-electron chi connectivity index (χ1n) is 6.57. The molecule has 1 saturated heterocycles. The van der Waals surface area contributed by atoms with Crippen molar-refractivity contribution in [3.8, 4) is 0 Å². The number of nitrogens with one attached hydrogen (secondary N) is 1. The summed E-state index contributed by atoms with van der Waals surface area (Å²) >= 11 is 0. The highest BCUT2D eigenvalue weighted by atomic mass is 15.1. The summed E-state index contributed by atoms with van der Waals surface area (Å²) in [4.78, 5) is 4.80. The second-order valence-corrected chi connectivity index (χ2v) is 5.50. The van der Waals surface area contributed by atoms with Crippen LogP contribution >= 0.6 is 0 Å². The van der Waals surface area contributed by atoms with Crippen LogP contribution in [0.5, 0.6) is 0 Å². The third-order valence-corrected chi connectivity index (χ3v) is 3.96. The Morgan fingerprint density at radius 2 is 2.44 bits per heavy atom. The van der Waals surface area contributed by atoms with E-state index in [1.165, 1.54) is 56.8 Å². The zero-order valence-corrected chi connectivity index (χ0v) is 10.1. The summed E-state index contributed by atoms with van der Waals surface area (Å²) in [5.74, 6) is 2.95. The van der Waals surface area contributed by atoms with Crippen LogP contribution in [0.15, 0.2) is 6.20 Å². The molecule has 3 rings (SSSR count). The molecule has 1 aromatic heterocycles. The number of rotatable bonds is 2. The van der Waals surface area contributed by atoms with Crippen LogP contribution in [0.3, 0.4) is 0 Å². The first-order chi connectivity index (χ1) is 7.81. The molecule has 3 heterocycles. The highest BCUT2D eigenvalue weighted by Gasteiger charge is 2.20. The van der Waals surface area contributed by atoms with Gasteiger partial charge in [0, 0.05) is 19.2 Å². The van der Waals surface area contributed by atoms with Gasteiger partial charge in [-0.3, -0.25) is 0 Å². The zero-order chi connectivity index (χ0) is 11.0. The van der Waals surface area contributed by atoms with E-state index in [1.54, 1.807) is 0 Å². The maximum Gasteiger partial charge on any atom is 0.109 e. The van der Waals surface area contributed by atoms with E-state index in [0.717, 1.165) is 11.8 Å². The normalized spacial score (nSPS) is 29.3. The summed E-state index contributed by atoms with van der Waals surface area (Å²) < 4.78 is 2.37. The Balaban J connectivity index is 1.71. The predicted molar refractivity (Wildman–Crippen MR) is 64.4 cm³/mol. The topological polar surface area (TPSA) is 29.9 Å². The third kappa shape index (κ3) is 2.01. The van der Waals surface area contributed by atoms with Crippen LogP contribution in [0.4, 0.5) is 0 Å². The predicted octanol–water partition coefficient (Wildman–Crippen LogP) is 1.62. The van der Waals surface area contributed by atoms with Gasteiger partial charge in [-0.25, -0.2) is 4.98 Å². The van der Waals surface area contributed by atoms with Crippen LogP contribution in [-0.4, -0.2) is 22.6 Å². The SMILES string of the molecule is CC1CCn2cc(CC3CCNC3)nc2C1. The molecule has 88 valence electrons. The van der Waals surface area contributed by atoms with Crippen LogP contribution < -0.4 is 5.32 Å². The van der Waals surface area contributed by atoms with Gasteiger partial charge in [0.1, 0.15) is 5.82 Å². The molecule has 16 heavy (non-hydrogen) atoms.